The predicted octanol–water partition coefficient (Wildman–Crippen LogP) is 1.47. The van der Waals surface area contributed by atoms with E-state index in [2.05, 4.69) is 9.63 Å². The molecule has 1 rings (SSSR count). The van der Waals surface area contributed by atoms with Crippen LogP contribution in [0.15, 0.2) is 32.7 Å². The van der Waals surface area contributed by atoms with E-state index in [-0.39, 0.29) is 10.7 Å². The Morgan fingerprint density at radius 2 is 1.71 bits per heavy atom. The molecule has 8 nitrogen and oxygen atoms in total. The lowest BCUT2D eigenvalue weighted by Crippen LogP contribution is -1.97. The van der Waals surface area contributed by atoms with Gasteiger partial charge < -0.3 is 0 Å². The first-order valence-corrected chi connectivity index (χ1v) is 6.98. The number of nitrogens with zero attached hydrogens (tertiary/aromatic N) is 2. The fourth-order valence-electron chi connectivity index (χ4n) is 0.825. The van der Waals surface area contributed by atoms with Gasteiger partial charge in [-0.05, 0) is 22.7 Å². The van der Waals surface area contributed by atoms with Gasteiger partial charge in [-0.15, -0.1) is 5.11 Å². The van der Waals surface area contributed by atoms with E-state index in [1.807, 2.05) is 0 Å². The molecule has 0 radical (unpaired) electrons. The Morgan fingerprint density at radius 1 is 1.12 bits per heavy atom. The predicted molar refractivity (Wildman–Crippen MR) is 57.3 cm³/mol. The molecule has 0 spiro atoms. The molecule has 0 aliphatic rings. The molecule has 0 aliphatic carbocycles. The van der Waals surface area contributed by atoms with Crippen LogP contribution in [0.1, 0.15) is 0 Å². The maximum Gasteiger partial charge on any atom is 0.396 e. The van der Waals surface area contributed by atoms with Gasteiger partial charge in [-0.25, -0.2) is 0 Å². The molecule has 0 fully saturated rings. The Balaban J connectivity index is 3.21. The summed E-state index contributed by atoms with van der Waals surface area (Å²) in [5, 5.41) is 2.82. The third-order valence-electron chi connectivity index (χ3n) is 1.47. The first kappa shape index (κ1) is 14.0. The third-order valence-corrected chi connectivity index (χ3v) is 2.91. The first-order valence-electron chi connectivity index (χ1n) is 3.77. The summed E-state index contributed by atoms with van der Waals surface area (Å²) in [7, 11) is -9.06. The molecule has 0 aromatic heterocycles. The lowest BCUT2D eigenvalue weighted by Gasteiger charge is -1.99. The molecule has 11 heteroatoms. The van der Waals surface area contributed by atoms with Crippen LogP contribution in [0.2, 0.25) is 5.02 Å². The van der Waals surface area contributed by atoms with E-state index in [0.29, 0.717) is 0 Å². The van der Waals surface area contributed by atoms with Crippen molar-refractivity contribution in [1.82, 2.24) is 0 Å². The summed E-state index contributed by atoms with van der Waals surface area (Å²) in [6.07, 6.45) is 0. The van der Waals surface area contributed by atoms with Crippen molar-refractivity contribution in [3.05, 3.63) is 23.2 Å². The Labute approximate surface area is 102 Å². The van der Waals surface area contributed by atoms with Crippen molar-refractivity contribution in [1.29, 1.82) is 0 Å². The van der Waals surface area contributed by atoms with Crippen molar-refractivity contribution >= 4 is 37.7 Å². The van der Waals surface area contributed by atoms with Gasteiger partial charge in [0.15, 0.2) is 0 Å². The molecule has 0 saturated heterocycles. The van der Waals surface area contributed by atoms with Crippen LogP contribution in [0.25, 0.3) is 0 Å². The molecule has 0 aliphatic heterocycles. The number of halogens is 1. The largest absolute Gasteiger partial charge is 0.396 e. The second kappa shape index (κ2) is 4.66. The normalized spacial score (nSPS) is 13.1. The molecule has 0 heterocycles. The Hall–Kier alpha value is -1.07. The van der Waals surface area contributed by atoms with Crippen molar-refractivity contribution in [3.8, 4) is 0 Å². The fraction of sp³-hybridized carbons (Fsp3) is 0. The van der Waals surface area contributed by atoms with Crippen molar-refractivity contribution < 1.29 is 25.9 Å². The van der Waals surface area contributed by atoms with Gasteiger partial charge in [0.05, 0.1) is 9.92 Å². The van der Waals surface area contributed by atoms with E-state index in [0.717, 1.165) is 18.2 Å². The summed E-state index contributed by atoms with van der Waals surface area (Å²) < 4.78 is 61.5. The average Bonchev–Trinajstić information content (AvgIpc) is 2.12. The highest BCUT2D eigenvalue weighted by molar-refractivity contribution is 7.85. The summed E-state index contributed by atoms with van der Waals surface area (Å²) in [6, 6.07) is 2.81. The summed E-state index contributed by atoms with van der Waals surface area (Å²) in [5.74, 6) is 0. The molecule has 1 aromatic carbocycles. The smallest absolute Gasteiger partial charge is 0.282 e. The van der Waals surface area contributed by atoms with E-state index in [1.54, 1.807) is 0 Å². The highest BCUT2D eigenvalue weighted by Crippen LogP contribution is 2.28. The van der Waals surface area contributed by atoms with E-state index in [9.17, 15) is 16.8 Å². The lowest BCUT2D eigenvalue weighted by atomic mass is 10.3. The monoisotopic (exact) mass is 300 g/mol. The van der Waals surface area contributed by atoms with Crippen LogP contribution in [0.5, 0.6) is 0 Å². The summed E-state index contributed by atoms with van der Waals surface area (Å²) >= 11 is 5.56. The van der Waals surface area contributed by atoms with E-state index < -0.39 is 25.3 Å². The van der Waals surface area contributed by atoms with Gasteiger partial charge in [0.25, 0.3) is 10.1 Å². The van der Waals surface area contributed by atoms with Crippen LogP contribution in [0.3, 0.4) is 0 Å². The molecular formula is C6H5ClN2O6S2. The third kappa shape index (κ3) is 4.36. The number of hydrogen-bond donors (Lipinski definition) is 2. The van der Waals surface area contributed by atoms with Crippen LogP contribution in [-0.4, -0.2) is 25.9 Å². The number of hydrogen-bond acceptors (Lipinski definition) is 5. The molecule has 0 unspecified atom stereocenters. The zero-order valence-corrected chi connectivity index (χ0v) is 10.2. The zero-order chi connectivity index (χ0) is 13.3. The van der Waals surface area contributed by atoms with Crippen molar-refractivity contribution in [2.45, 2.75) is 4.90 Å². The van der Waals surface area contributed by atoms with Gasteiger partial charge in [0.2, 0.25) is 0 Å². The van der Waals surface area contributed by atoms with Gasteiger partial charge >= 0.3 is 10.3 Å². The fourth-order valence-corrected chi connectivity index (χ4v) is 1.81. The van der Waals surface area contributed by atoms with Crippen LogP contribution in [0.4, 0.5) is 5.69 Å². The second-order valence-corrected chi connectivity index (χ2v) is 5.61. The SMILES string of the molecule is O=S(=O)(O)N=Nc1ccc(S(=O)(=O)O)cc1Cl. The molecule has 94 valence electrons. The van der Waals surface area contributed by atoms with Crippen LogP contribution in [0, 0.1) is 0 Å². The highest BCUT2D eigenvalue weighted by Gasteiger charge is 2.12. The molecule has 0 atom stereocenters. The molecule has 0 saturated carbocycles. The van der Waals surface area contributed by atoms with E-state index in [1.165, 1.54) is 0 Å². The van der Waals surface area contributed by atoms with Gasteiger partial charge in [-0.3, -0.25) is 9.11 Å². The van der Waals surface area contributed by atoms with Gasteiger partial charge in [0, 0.05) is 0 Å². The Morgan fingerprint density at radius 3 is 2.12 bits per heavy atom. The number of benzene rings is 1. The minimum absolute atomic E-state index is 0.184. The molecule has 2 N–H and O–H groups in total. The summed E-state index contributed by atoms with van der Waals surface area (Å²) in [4.78, 5) is -0.478. The minimum atomic E-state index is -4.65. The Kier molecular flexibility index (Phi) is 3.84. The van der Waals surface area contributed by atoms with Gasteiger partial charge in [0.1, 0.15) is 5.69 Å². The zero-order valence-electron chi connectivity index (χ0n) is 7.85. The Bertz CT molecular complexity index is 666. The standard InChI is InChI=1S/C6H5ClN2O6S2/c7-5-3-4(16(10,11)12)1-2-6(5)8-9-17(13,14)15/h1-3H,(H,10,11,12)(H,13,14,15). The maximum atomic E-state index is 10.7. The summed E-state index contributed by atoms with van der Waals surface area (Å²) in [6.45, 7) is 0. The van der Waals surface area contributed by atoms with E-state index >= 15 is 0 Å². The average molecular weight is 301 g/mol. The van der Waals surface area contributed by atoms with Crippen molar-refractivity contribution in [3.63, 3.8) is 0 Å². The first-order chi connectivity index (χ1) is 7.59. The highest BCUT2D eigenvalue weighted by atomic mass is 35.5. The molecule has 0 amide bonds. The van der Waals surface area contributed by atoms with Crippen LogP contribution >= 0.6 is 11.6 Å². The van der Waals surface area contributed by atoms with E-state index in [4.69, 9.17) is 20.7 Å². The van der Waals surface area contributed by atoms with Crippen LogP contribution in [-0.2, 0) is 20.4 Å². The molecular weight excluding hydrogens is 296 g/mol. The van der Waals surface area contributed by atoms with Crippen molar-refractivity contribution in [2.75, 3.05) is 0 Å². The number of rotatable bonds is 3. The quantitative estimate of drug-likeness (QED) is 0.641. The van der Waals surface area contributed by atoms with Crippen LogP contribution < -0.4 is 0 Å². The summed E-state index contributed by atoms with van der Waals surface area (Å²) in [5.41, 5.74) is -0.184. The topological polar surface area (TPSA) is 133 Å². The lowest BCUT2D eigenvalue weighted by molar-refractivity contribution is 0.480. The maximum absolute atomic E-state index is 10.7. The van der Waals surface area contributed by atoms with Crippen molar-refractivity contribution in [2.24, 2.45) is 9.63 Å². The minimum Gasteiger partial charge on any atom is -0.282 e. The molecule has 0 bridgehead atoms. The molecule has 17 heavy (non-hydrogen) atoms. The molecule has 1 aromatic rings. The van der Waals surface area contributed by atoms with Gasteiger partial charge in [-0.1, -0.05) is 11.6 Å². The van der Waals surface area contributed by atoms with Gasteiger partial charge in [-0.2, -0.15) is 16.8 Å². The second-order valence-electron chi connectivity index (χ2n) is 2.72.